The summed E-state index contributed by atoms with van der Waals surface area (Å²) in [6, 6.07) is 5.36. The van der Waals surface area contributed by atoms with E-state index in [-0.39, 0.29) is 17.9 Å². The smallest absolute Gasteiger partial charge is 0.238 e. The van der Waals surface area contributed by atoms with Crippen molar-refractivity contribution in [2.75, 3.05) is 51.7 Å². The van der Waals surface area contributed by atoms with Crippen molar-refractivity contribution >= 4 is 29.1 Å². The minimum Gasteiger partial charge on any atom is -0.495 e. The molecule has 0 radical (unpaired) electrons. The summed E-state index contributed by atoms with van der Waals surface area (Å²) in [5, 5.41) is 6.29. The molecule has 0 bridgehead atoms. The van der Waals surface area contributed by atoms with Crippen LogP contribution in [0.5, 0.6) is 5.75 Å². The van der Waals surface area contributed by atoms with E-state index >= 15 is 0 Å². The Morgan fingerprint density at radius 2 is 1.74 bits per heavy atom. The number of carbonyl (C=O) groups is 2. The van der Waals surface area contributed by atoms with Crippen molar-refractivity contribution in [1.29, 1.82) is 0 Å². The summed E-state index contributed by atoms with van der Waals surface area (Å²) in [7, 11) is 1.55. The van der Waals surface area contributed by atoms with Crippen LogP contribution in [0.1, 0.15) is 20.3 Å². The Labute approximate surface area is 166 Å². The number of benzene rings is 1. The summed E-state index contributed by atoms with van der Waals surface area (Å²) in [5.74, 6) is 0.550. The van der Waals surface area contributed by atoms with Gasteiger partial charge in [-0.1, -0.05) is 18.5 Å². The van der Waals surface area contributed by atoms with Crippen LogP contribution in [0.3, 0.4) is 0 Å². The molecule has 0 aliphatic carbocycles. The molecule has 8 heteroatoms. The van der Waals surface area contributed by atoms with E-state index in [0.29, 0.717) is 29.5 Å². The molecule has 0 aromatic heterocycles. The number of nitrogens with one attached hydrogen (secondary N) is 2. The molecule has 1 aromatic carbocycles. The van der Waals surface area contributed by atoms with Gasteiger partial charge >= 0.3 is 0 Å². The number of carbonyl (C=O) groups excluding carboxylic acids is 2. The molecule has 27 heavy (non-hydrogen) atoms. The van der Waals surface area contributed by atoms with Crippen LogP contribution in [-0.2, 0) is 9.59 Å². The molecule has 1 saturated heterocycles. The standard InChI is InChI=1S/C19H29ClN4O3/c1-4-14(2)21-18(25)12-23-7-9-24(10-8-23)13-19(26)22-15-5-6-17(27-3)16(20)11-15/h5-6,11,14H,4,7-10,12-13H2,1-3H3,(H,21,25)(H,22,26)/t14-/m0/s1. The first-order valence-electron chi connectivity index (χ1n) is 9.28. The predicted octanol–water partition coefficient (Wildman–Crippen LogP) is 1.82. The van der Waals surface area contributed by atoms with Gasteiger partial charge in [-0.25, -0.2) is 0 Å². The Morgan fingerprint density at radius 3 is 2.26 bits per heavy atom. The minimum absolute atomic E-state index is 0.0620. The van der Waals surface area contributed by atoms with Crippen LogP contribution in [0.15, 0.2) is 18.2 Å². The summed E-state index contributed by atoms with van der Waals surface area (Å²) in [4.78, 5) is 28.4. The van der Waals surface area contributed by atoms with Gasteiger partial charge in [0.1, 0.15) is 5.75 Å². The predicted molar refractivity (Wildman–Crippen MR) is 107 cm³/mol. The Kier molecular flexibility index (Phi) is 8.34. The van der Waals surface area contributed by atoms with Gasteiger partial charge in [0.15, 0.2) is 0 Å². The average molecular weight is 397 g/mol. The first-order chi connectivity index (χ1) is 12.9. The van der Waals surface area contributed by atoms with Gasteiger partial charge in [0.25, 0.3) is 0 Å². The molecule has 1 aromatic rings. The number of hydrogen-bond donors (Lipinski definition) is 2. The fraction of sp³-hybridized carbons (Fsp3) is 0.579. The molecule has 1 aliphatic rings. The van der Waals surface area contributed by atoms with E-state index < -0.39 is 0 Å². The number of anilines is 1. The minimum atomic E-state index is -0.0841. The van der Waals surface area contributed by atoms with E-state index in [2.05, 4.69) is 27.4 Å². The van der Waals surface area contributed by atoms with Crippen LogP contribution in [0.2, 0.25) is 5.02 Å². The van der Waals surface area contributed by atoms with Crippen molar-refractivity contribution in [2.24, 2.45) is 0 Å². The van der Waals surface area contributed by atoms with E-state index in [1.807, 2.05) is 6.92 Å². The zero-order valence-corrected chi connectivity index (χ0v) is 17.0. The molecule has 1 atom stereocenters. The quantitative estimate of drug-likeness (QED) is 0.701. The molecule has 1 aliphatic heterocycles. The molecular weight excluding hydrogens is 368 g/mol. The number of piperazine rings is 1. The lowest BCUT2D eigenvalue weighted by Gasteiger charge is -2.34. The maximum absolute atomic E-state index is 12.3. The fourth-order valence-electron chi connectivity index (χ4n) is 2.88. The first-order valence-corrected chi connectivity index (χ1v) is 9.66. The highest BCUT2D eigenvalue weighted by molar-refractivity contribution is 6.32. The molecule has 1 fully saturated rings. The van der Waals surface area contributed by atoms with E-state index in [0.717, 1.165) is 32.6 Å². The SMILES string of the molecule is CC[C@H](C)NC(=O)CN1CCN(CC(=O)Nc2ccc(OC)c(Cl)c2)CC1. The first kappa shape index (κ1) is 21.5. The van der Waals surface area contributed by atoms with E-state index in [4.69, 9.17) is 16.3 Å². The Hall–Kier alpha value is -1.83. The fourth-order valence-corrected chi connectivity index (χ4v) is 3.14. The molecule has 2 amide bonds. The third-order valence-corrected chi connectivity index (χ3v) is 4.95. The Morgan fingerprint density at radius 1 is 1.15 bits per heavy atom. The number of nitrogens with zero attached hydrogens (tertiary/aromatic N) is 2. The lowest BCUT2D eigenvalue weighted by atomic mass is 10.2. The molecule has 1 heterocycles. The van der Waals surface area contributed by atoms with Crippen molar-refractivity contribution in [3.63, 3.8) is 0 Å². The van der Waals surface area contributed by atoms with Crippen LogP contribution in [0.25, 0.3) is 0 Å². The van der Waals surface area contributed by atoms with Gasteiger partial charge in [0.2, 0.25) is 11.8 Å². The number of halogens is 1. The Bertz CT molecular complexity index is 648. The number of amides is 2. The van der Waals surface area contributed by atoms with Crippen LogP contribution < -0.4 is 15.4 Å². The number of methoxy groups -OCH3 is 1. The molecule has 2 rings (SSSR count). The van der Waals surface area contributed by atoms with Crippen molar-refractivity contribution < 1.29 is 14.3 Å². The maximum atomic E-state index is 12.3. The van der Waals surface area contributed by atoms with Gasteiger partial charge in [-0.15, -0.1) is 0 Å². The van der Waals surface area contributed by atoms with Crippen molar-refractivity contribution in [2.45, 2.75) is 26.3 Å². The second-order valence-corrected chi connectivity index (χ2v) is 7.23. The molecule has 0 spiro atoms. The molecule has 0 unspecified atom stereocenters. The average Bonchev–Trinajstić information content (AvgIpc) is 2.63. The van der Waals surface area contributed by atoms with Gasteiger partial charge in [-0.2, -0.15) is 0 Å². The Balaban J connectivity index is 1.72. The van der Waals surface area contributed by atoms with Crippen LogP contribution in [0.4, 0.5) is 5.69 Å². The van der Waals surface area contributed by atoms with Crippen LogP contribution in [-0.4, -0.2) is 74.0 Å². The third kappa shape index (κ3) is 7.01. The number of hydrogen-bond acceptors (Lipinski definition) is 5. The van der Waals surface area contributed by atoms with E-state index in [1.54, 1.807) is 25.3 Å². The van der Waals surface area contributed by atoms with Gasteiger partial charge in [0.05, 0.1) is 25.2 Å². The summed E-state index contributed by atoms with van der Waals surface area (Å²) in [6.45, 7) is 7.84. The molecule has 150 valence electrons. The van der Waals surface area contributed by atoms with Gasteiger partial charge in [0, 0.05) is 37.9 Å². The highest BCUT2D eigenvalue weighted by Gasteiger charge is 2.21. The van der Waals surface area contributed by atoms with Gasteiger partial charge in [-0.3, -0.25) is 19.4 Å². The van der Waals surface area contributed by atoms with Crippen molar-refractivity contribution in [1.82, 2.24) is 15.1 Å². The highest BCUT2D eigenvalue weighted by atomic mass is 35.5. The lowest BCUT2D eigenvalue weighted by molar-refractivity contribution is -0.124. The lowest BCUT2D eigenvalue weighted by Crippen LogP contribution is -2.51. The topological polar surface area (TPSA) is 73.9 Å². The molecular formula is C19H29ClN4O3. The summed E-state index contributed by atoms with van der Waals surface area (Å²) < 4.78 is 5.11. The normalized spacial score (nSPS) is 16.6. The second kappa shape index (κ2) is 10.5. The van der Waals surface area contributed by atoms with Crippen molar-refractivity contribution in [3.8, 4) is 5.75 Å². The second-order valence-electron chi connectivity index (χ2n) is 6.83. The maximum Gasteiger partial charge on any atom is 0.238 e. The van der Waals surface area contributed by atoms with E-state index in [1.165, 1.54) is 0 Å². The molecule has 7 nitrogen and oxygen atoms in total. The molecule has 0 saturated carbocycles. The van der Waals surface area contributed by atoms with Gasteiger partial charge < -0.3 is 15.4 Å². The third-order valence-electron chi connectivity index (χ3n) is 4.65. The summed E-state index contributed by atoms with van der Waals surface area (Å²) in [5.41, 5.74) is 0.645. The largest absolute Gasteiger partial charge is 0.495 e. The summed E-state index contributed by atoms with van der Waals surface area (Å²) >= 11 is 6.08. The summed E-state index contributed by atoms with van der Waals surface area (Å²) in [6.07, 6.45) is 0.925. The zero-order valence-electron chi connectivity index (χ0n) is 16.3. The van der Waals surface area contributed by atoms with Crippen molar-refractivity contribution in [3.05, 3.63) is 23.2 Å². The molecule has 2 N–H and O–H groups in total. The monoisotopic (exact) mass is 396 g/mol. The zero-order chi connectivity index (χ0) is 19.8. The highest BCUT2D eigenvalue weighted by Crippen LogP contribution is 2.27. The van der Waals surface area contributed by atoms with Crippen LogP contribution in [0, 0.1) is 0 Å². The number of rotatable bonds is 8. The number of ether oxygens (including phenoxy) is 1. The van der Waals surface area contributed by atoms with Gasteiger partial charge in [-0.05, 0) is 31.5 Å². The van der Waals surface area contributed by atoms with E-state index in [9.17, 15) is 9.59 Å². The van der Waals surface area contributed by atoms with Crippen LogP contribution >= 0.6 is 11.6 Å².